The van der Waals surface area contributed by atoms with Gasteiger partial charge in [-0.2, -0.15) is 0 Å². The van der Waals surface area contributed by atoms with E-state index in [0.29, 0.717) is 6.61 Å². The van der Waals surface area contributed by atoms with Gasteiger partial charge in [-0.1, -0.05) is 19.3 Å². The average molecular weight is 186 g/mol. The van der Waals surface area contributed by atoms with Crippen LogP contribution < -0.4 is 0 Å². The maximum atomic E-state index is 9.40. The molecule has 2 heteroatoms. The first-order chi connectivity index (χ1) is 6.33. The molecular formula is C11H22O2. The lowest BCUT2D eigenvalue weighted by Gasteiger charge is -2.35. The summed E-state index contributed by atoms with van der Waals surface area (Å²) in [4.78, 5) is 0. The highest BCUT2D eigenvalue weighted by atomic mass is 16.5. The number of aliphatic hydroxyl groups excluding tert-OH is 1. The van der Waals surface area contributed by atoms with Gasteiger partial charge in [0.05, 0.1) is 0 Å². The van der Waals surface area contributed by atoms with Crippen LogP contribution in [0.5, 0.6) is 0 Å². The third-order valence-corrected chi connectivity index (χ3v) is 3.31. The first-order valence-electron chi connectivity index (χ1n) is 5.43. The Morgan fingerprint density at radius 1 is 1.23 bits per heavy atom. The van der Waals surface area contributed by atoms with Crippen LogP contribution in [0.1, 0.15) is 44.9 Å². The molecule has 0 aromatic carbocycles. The van der Waals surface area contributed by atoms with Gasteiger partial charge in [0, 0.05) is 20.3 Å². The molecule has 1 fully saturated rings. The van der Waals surface area contributed by atoms with Gasteiger partial charge in [-0.25, -0.2) is 0 Å². The molecule has 1 rings (SSSR count). The molecule has 0 heterocycles. The summed E-state index contributed by atoms with van der Waals surface area (Å²) in [5.41, 5.74) is 0.247. The summed E-state index contributed by atoms with van der Waals surface area (Å²) in [6.07, 6.45) is 8.61. The Hall–Kier alpha value is -0.0800. The molecule has 0 bridgehead atoms. The van der Waals surface area contributed by atoms with E-state index >= 15 is 0 Å². The first kappa shape index (κ1) is 11.0. The monoisotopic (exact) mass is 186 g/mol. The summed E-state index contributed by atoms with van der Waals surface area (Å²) in [5.74, 6) is 0. The molecule has 0 spiro atoms. The van der Waals surface area contributed by atoms with Gasteiger partial charge < -0.3 is 9.84 Å². The molecule has 1 aliphatic rings. The standard InChI is InChI=1S/C11H22O2/c1-13-9-5-8-11(10-12)6-3-2-4-7-11/h12H,2-10H2,1H3. The maximum Gasteiger partial charge on any atom is 0.0487 e. The number of hydrogen-bond acceptors (Lipinski definition) is 2. The largest absolute Gasteiger partial charge is 0.396 e. The van der Waals surface area contributed by atoms with Crippen LogP contribution in [0, 0.1) is 5.41 Å². The fourth-order valence-corrected chi connectivity index (χ4v) is 2.38. The minimum absolute atomic E-state index is 0.247. The van der Waals surface area contributed by atoms with Crippen molar-refractivity contribution in [3.05, 3.63) is 0 Å². The predicted octanol–water partition coefficient (Wildman–Crippen LogP) is 2.36. The number of rotatable bonds is 5. The van der Waals surface area contributed by atoms with Crippen LogP contribution in [0.15, 0.2) is 0 Å². The van der Waals surface area contributed by atoms with Crippen molar-refractivity contribution in [2.75, 3.05) is 20.3 Å². The minimum Gasteiger partial charge on any atom is -0.396 e. The third kappa shape index (κ3) is 3.28. The Balaban J connectivity index is 2.29. The zero-order chi connectivity index (χ0) is 9.57. The van der Waals surface area contributed by atoms with Crippen LogP contribution in [0.2, 0.25) is 0 Å². The normalized spacial score (nSPS) is 21.7. The summed E-state index contributed by atoms with van der Waals surface area (Å²) >= 11 is 0. The van der Waals surface area contributed by atoms with Gasteiger partial charge >= 0.3 is 0 Å². The Morgan fingerprint density at radius 3 is 2.46 bits per heavy atom. The fourth-order valence-electron chi connectivity index (χ4n) is 2.38. The lowest BCUT2D eigenvalue weighted by atomic mass is 9.72. The minimum atomic E-state index is 0.247. The Morgan fingerprint density at radius 2 is 1.92 bits per heavy atom. The van der Waals surface area contributed by atoms with Crippen molar-refractivity contribution in [1.82, 2.24) is 0 Å². The zero-order valence-electron chi connectivity index (χ0n) is 8.72. The van der Waals surface area contributed by atoms with Crippen molar-refractivity contribution >= 4 is 0 Å². The molecule has 78 valence electrons. The van der Waals surface area contributed by atoms with Crippen LogP contribution in [-0.4, -0.2) is 25.4 Å². The quantitative estimate of drug-likeness (QED) is 0.668. The van der Waals surface area contributed by atoms with Gasteiger partial charge in [0.2, 0.25) is 0 Å². The van der Waals surface area contributed by atoms with E-state index in [2.05, 4.69) is 0 Å². The van der Waals surface area contributed by atoms with Crippen LogP contribution in [0.25, 0.3) is 0 Å². The molecule has 0 aromatic heterocycles. The van der Waals surface area contributed by atoms with Gasteiger partial charge in [-0.15, -0.1) is 0 Å². The molecule has 0 atom stereocenters. The summed E-state index contributed by atoms with van der Waals surface area (Å²) < 4.78 is 5.04. The first-order valence-corrected chi connectivity index (χ1v) is 5.43. The van der Waals surface area contributed by atoms with E-state index in [1.165, 1.54) is 32.1 Å². The second kappa shape index (κ2) is 5.61. The Labute approximate surface area is 81.3 Å². The predicted molar refractivity (Wildman–Crippen MR) is 53.7 cm³/mol. The summed E-state index contributed by atoms with van der Waals surface area (Å²) in [6.45, 7) is 1.21. The molecule has 1 N–H and O–H groups in total. The number of ether oxygens (including phenoxy) is 1. The van der Waals surface area contributed by atoms with E-state index in [4.69, 9.17) is 4.74 Å². The summed E-state index contributed by atoms with van der Waals surface area (Å²) in [7, 11) is 1.74. The van der Waals surface area contributed by atoms with E-state index < -0.39 is 0 Å². The highest BCUT2D eigenvalue weighted by Gasteiger charge is 2.30. The van der Waals surface area contributed by atoms with Crippen molar-refractivity contribution in [3.63, 3.8) is 0 Å². The highest BCUT2D eigenvalue weighted by Crippen LogP contribution is 2.39. The third-order valence-electron chi connectivity index (χ3n) is 3.31. The van der Waals surface area contributed by atoms with Crippen LogP contribution >= 0.6 is 0 Å². The number of aliphatic hydroxyl groups is 1. The van der Waals surface area contributed by atoms with Gasteiger partial charge in [0.25, 0.3) is 0 Å². The van der Waals surface area contributed by atoms with E-state index in [9.17, 15) is 5.11 Å². The summed E-state index contributed by atoms with van der Waals surface area (Å²) in [6, 6.07) is 0. The van der Waals surface area contributed by atoms with E-state index in [1.54, 1.807) is 7.11 Å². The molecule has 0 aliphatic heterocycles. The van der Waals surface area contributed by atoms with Gasteiger partial charge in [0.1, 0.15) is 0 Å². The Kier molecular flexibility index (Phi) is 4.74. The SMILES string of the molecule is COCCCC1(CO)CCCCC1. The highest BCUT2D eigenvalue weighted by molar-refractivity contribution is 4.81. The molecule has 13 heavy (non-hydrogen) atoms. The zero-order valence-corrected chi connectivity index (χ0v) is 8.72. The van der Waals surface area contributed by atoms with Crippen LogP contribution in [0.4, 0.5) is 0 Å². The van der Waals surface area contributed by atoms with Crippen LogP contribution in [-0.2, 0) is 4.74 Å². The van der Waals surface area contributed by atoms with Gasteiger partial charge in [-0.3, -0.25) is 0 Å². The van der Waals surface area contributed by atoms with Gasteiger partial charge in [-0.05, 0) is 31.1 Å². The molecular weight excluding hydrogens is 164 g/mol. The molecule has 0 saturated heterocycles. The second-order valence-electron chi connectivity index (χ2n) is 4.32. The van der Waals surface area contributed by atoms with Crippen molar-refractivity contribution in [2.24, 2.45) is 5.41 Å². The maximum absolute atomic E-state index is 9.40. The molecule has 0 radical (unpaired) electrons. The van der Waals surface area contributed by atoms with Crippen molar-refractivity contribution in [3.8, 4) is 0 Å². The van der Waals surface area contributed by atoms with Crippen molar-refractivity contribution in [2.45, 2.75) is 44.9 Å². The number of methoxy groups -OCH3 is 1. The van der Waals surface area contributed by atoms with E-state index in [1.807, 2.05) is 0 Å². The topological polar surface area (TPSA) is 29.5 Å². The second-order valence-corrected chi connectivity index (χ2v) is 4.32. The van der Waals surface area contributed by atoms with Gasteiger partial charge in [0.15, 0.2) is 0 Å². The Bertz CT molecular complexity index is 128. The fraction of sp³-hybridized carbons (Fsp3) is 1.00. The molecule has 1 saturated carbocycles. The molecule has 2 nitrogen and oxygen atoms in total. The van der Waals surface area contributed by atoms with Crippen LogP contribution in [0.3, 0.4) is 0 Å². The number of hydrogen-bond donors (Lipinski definition) is 1. The van der Waals surface area contributed by atoms with Crippen molar-refractivity contribution < 1.29 is 9.84 Å². The lowest BCUT2D eigenvalue weighted by molar-refractivity contribution is 0.0620. The van der Waals surface area contributed by atoms with E-state index in [0.717, 1.165) is 19.4 Å². The average Bonchev–Trinajstić information content (AvgIpc) is 2.20. The molecule has 1 aliphatic carbocycles. The van der Waals surface area contributed by atoms with E-state index in [-0.39, 0.29) is 5.41 Å². The molecule has 0 unspecified atom stereocenters. The lowest BCUT2D eigenvalue weighted by Crippen LogP contribution is -2.28. The molecule has 0 aromatic rings. The molecule has 0 amide bonds. The van der Waals surface area contributed by atoms with Crippen molar-refractivity contribution in [1.29, 1.82) is 0 Å². The summed E-state index contributed by atoms with van der Waals surface area (Å²) in [5, 5.41) is 9.40. The smallest absolute Gasteiger partial charge is 0.0487 e.